The number of benzene rings is 1. The molecule has 0 aliphatic heterocycles. The molecule has 0 aliphatic rings. The van der Waals surface area contributed by atoms with E-state index in [-0.39, 0.29) is 17.5 Å². The number of carbonyl (C=O) groups excluding carboxylic acids is 1. The fourth-order valence-electron chi connectivity index (χ4n) is 1.54. The Morgan fingerprint density at radius 2 is 2.06 bits per heavy atom. The van der Waals surface area contributed by atoms with Gasteiger partial charge in [0.15, 0.2) is 0 Å². The van der Waals surface area contributed by atoms with Crippen molar-refractivity contribution in [1.82, 2.24) is 0 Å². The molecule has 1 aromatic rings. The van der Waals surface area contributed by atoms with Crippen molar-refractivity contribution in [1.29, 1.82) is 0 Å². The van der Waals surface area contributed by atoms with Gasteiger partial charge in [-0.15, -0.1) is 0 Å². The molecule has 0 unspecified atom stereocenters. The van der Waals surface area contributed by atoms with Crippen LogP contribution in [-0.2, 0) is 4.79 Å². The van der Waals surface area contributed by atoms with Gasteiger partial charge < -0.3 is 11.1 Å². The van der Waals surface area contributed by atoms with Crippen LogP contribution in [0.3, 0.4) is 0 Å². The first-order valence-corrected chi connectivity index (χ1v) is 5.44. The maximum absolute atomic E-state index is 12.8. The van der Waals surface area contributed by atoms with Crippen molar-refractivity contribution < 1.29 is 9.18 Å². The van der Waals surface area contributed by atoms with Crippen LogP contribution in [0, 0.1) is 11.7 Å². The van der Waals surface area contributed by atoms with E-state index in [0.717, 1.165) is 12.8 Å². The number of nitrogens with one attached hydrogen (secondary N) is 1. The molecule has 88 valence electrons. The van der Waals surface area contributed by atoms with Gasteiger partial charge in [-0.05, 0) is 31.0 Å². The van der Waals surface area contributed by atoms with Gasteiger partial charge in [0.05, 0.1) is 11.4 Å². The van der Waals surface area contributed by atoms with Crippen LogP contribution in [-0.4, -0.2) is 5.91 Å². The fourth-order valence-corrected chi connectivity index (χ4v) is 1.54. The summed E-state index contributed by atoms with van der Waals surface area (Å²) in [6, 6.07) is 3.95. The molecular weight excluding hydrogens is 207 g/mol. The number of hydrogen-bond donors (Lipinski definition) is 2. The molecule has 1 amide bonds. The van der Waals surface area contributed by atoms with Gasteiger partial charge in [-0.1, -0.05) is 13.8 Å². The minimum absolute atomic E-state index is 0.0237. The van der Waals surface area contributed by atoms with Gasteiger partial charge in [-0.3, -0.25) is 4.79 Å². The zero-order chi connectivity index (χ0) is 12.1. The Kier molecular flexibility index (Phi) is 4.28. The first kappa shape index (κ1) is 12.5. The highest BCUT2D eigenvalue weighted by atomic mass is 19.1. The standard InChI is InChI=1S/C12H17FN2O/c1-3-8(4-2)12(16)15-11-6-5-9(13)7-10(11)14/h5-8H,3-4,14H2,1-2H3,(H,15,16). The molecule has 0 radical (unpaired) electrons. The first-order chi connectivity index (χ1) is 7.58. The summed E-state index contributed by atoms with van der Waals surface area (Å²) >= 11 is 0. The molecule has 1 rings (SSSR count). The Morgan fingerprint density at radius 3 is 2.56 bits per heavy atom. The number of carbonyl (C=O) groups is 1. The molecule has 16 heavy (non-hydrogen) atoms. The summed E-state index contributed by atoms with van der Waals surface area (Å²) < 4.78 is 12.8. The molecule has 0 aliphatic carbocycles. The molecule has 4 heteroatoms. The van der Waals surface area contributed by atoms with E-state index in [1.165, 1.54) is 18.2 Å². The summed E-state index contributed by atoms with van der Waals surface area (Å²) in [7, 11) is 0. The van der Waals surface area contributed by atoms with Gasteiger partial charge in [0.2, 0.25) is 5.91 Å². The lowest BCUT2D eigenvalue weighted by molar-refractivity contribution is -0.120. The molecule has 0 bridgehead atoms. The van der Waals surface area contributed by atoms with Crippen molar-refractivity contribution in [2.24, 2.45) is 5.92 Å². The summed E-state index contributed by atoms with van der Waals surface area (Å²) in [4.78, 5) is 11.8. The highest BCUT2D eigenvalue weighted by molar-refractivity contribution is 5.95. The van der Waals surface area contributed by atoms with E-state index in [2.05, 4.69) is 5.32 Å². The lowest BCUT2D eigenvalue weighted by Gasteiger charge is -2.14. The van der Waals surface area contributed by atoms with Crippen molar-refractivity contribution >= 4 is 17.3 Å². The van der Waals surface area contributed by atoms with Crippen molar-refractivity contribution in [3.05, 3.63) is 24.0 Å². The van der Waals surface area contributed by atoms with Gasteiger partial charge in [0.25, 0.3) is 0 Å². The summed E-state index contributed by atoms with van der Waals surface area (Å²) in [5.41, 5.74) is 6.32. The predicted octanol–water partition coefficient (Wildman–Crippen LogP) is 2.78. The van der Waals surface area contributed by atoms with Crippen LogP contribution in [0.5, 0.6) is 0 Å². The zero-order valence-electron chi connectivity index (χ0n) is 9.59. The van der Waals surface area contributed by atoms with Crippen molar-refractivity contribution in [3.8, 4) is 0 Å². The molecular formula is C12H17FN2O. The van der Waals surface area contributed by atoms with Crippen LogP contribution >= 0.6 is 0 Å². The Balaban J connectivity index is 2.76. The lowest BCUT2D eigenvalue weighted by atomic mass is 10.0. The monoisotopic (exact) mass is 224 g/mol. The number of amides is 1. The number of nitrogen functional groups attached to an aromatic ring is 1. The number of rotatable bonds is 4. The van der Waals surface area contributed by atoms with Gasteiger partial charge in [0.1, 0.15) is 5.82 Å². The maximum atomic E-state index is 12.8. The minimum atomic E-state index is -0.405. The first-order valence-electron chi connectivity index (χ1n) is 5.44. The van der Waals surface area contributed by atoms with Gasteiger partial charge in [0, 0.05) is 5.92 Å². The van der Waals surface area contributed by atoms with Crippen LogP contribution < -0.4 is 11.1 Å². The third-order valence-electron chi connectivity index (χ3n) is 2.63. The van der Waals surface area contributed by atoms with E-state index < -0.39 is 5.82 Å². The smallest absolute Gasteiger partial charge is 0.227 e. The van der Waals surface area contributed by atoms with E-state index in [4.69, 9.17) is 5.73 Å². The molecule has 0 spiro atoms. The molecule has 0 saturated heterocycles. The molecule has 3 N–H and O–H groups in total. The highest BCUT2D eigenvalue weighted by Gasteiger charge is 2.15. The van der Waals surface area contributed by atoms with Crippen molar-refractivity contribution in [2.75, 3.05) is 11.1 Å². The number of anilines is 2. The van der Waals surface area contributed by atoms with Crippen molar-refractivity contribution in [2.45, 2.75) is 26.7 Å². The zero-order valence-corrected chi connectivity index (χ0v) is 9.59. The quantitative estimate of drug-likeness (QED) is 0.773. The van der Waals surface area contributed by atoms with E-state index in [1.54, 1.807) is 0 Å². The summed E-state index contributed by atoms with van der Waals surface area (Å²) in [6.07, 6.45) is 1.56. The van der Waals surface area contributed by atoms with Crippen molar-refractivity contribution in [3.63, 3.8) is 0 Å². The van der Waals surface area contributed by atoms with Crippen LogP contribution in [0.4, 0.5) is 15.8 Å². The summed E-state index contributed by atoms with van der Waals surface area (Å²) in [5, 5.41) is 2.71. The molecule has 0 fully saturated rings. The summed E-state index contributed by atoms with van der Waals surface area (Å²) in [5.74, 6) is -0.495. The molecule has 0 saturated carbocycles. The van der Waals surface area contributed by atoms with Crippen LogP contribution in [0.1, 0.15) is 26.7 Å². The Labute approximate surface area is 94.8 Å². The largest absolute Gasteiger partial charge is 0.397 e. The van der Waals surface area contributed by atoms with Crippen LogP contribution in [0.25, 0.3) is 0 Å². The SMILES string of the molecule is CCC(CC)C(=O)Nc1ccc(F)cc1N. The average Bonchev–Trinajstić information content (AvgIpc) is 2.24. The Bertz CT molecular complexity index is 375. The number of halogens is 1. The van der Waals surface area contributed by atoms with E-state index in [1.807, 2.05) is 13.8 Å². The molecule has 1 aromatic carbocycles. The van der Waals surface area contributed by atoms with Crippen LogP contribution in [0.2, 0.25) is 0 Å². The summed E-state index contributed by atoms with van der Waals surface area (Å²) in [6.45, 7) is 3.92. The van der Waals surface area contributed by atoms with E-state index >= 15 is 0 Å². The number of nitrogens with two attached hydrogens (primary N) is 1. The minimum Gasteiger partial charge on any atom is -0.397 e. The van der Waals surface area contributed by atoms with E-state index in [9.17, 15) is 9.18 Å². The highest BCUT2D eigenvalue weighted by Crippen LogP contribution is 2.20. The average molecular weight is 224 g/mol. The number of hydrogen-bond acceptors (Lipinski definition) is 2. The fraction of sp³-hybridized carbons (Fsp3) is 0.417. The lowest BCUT2D eigenvalue weighted by Crippen LogP contribution is -2.22. The third kappa shape index (κ3) is 2.95. The molecule has 0 atom stereocenters. The van der Waals surface area contributed by atoms with Gasteiger partial charge in [-0.2, -0.15) is 0 Å². The molecule has 0 heterocycles. The Hall–Kier alpha value is -1.58. The van der Waals surface area contributed by atoms with Gasteiger partial charge >= 0.3 is 0 Å². The molecule has 0 aromatic heterocycles. The second-order valence-electron chi connectivity index (χ2n) is 3.73. The van der Waals surface area contributed by atoms with E-state index in [0.29, 0.717) is 5.69 Å². The van der Waals surface area contributed by atoms with Gasteiger partial charge in [-0.25, -0.2) is 4.39 Å². The van der Waals surface area contributed by atoms with Crippen LogP contribution in [0.15, 0.2) is 18.2 Å². The maximum Gasteiger partial charge on any atom is 0.227 e. The Morgan fingerprint density at radius 1 is 1.44 bits per heavy atom. The third-order valence-corrected chi connectivity index (χ3v) is 2.63. The predicted molar refractivity (Wildman–Crippen MR) is 63.5 cm³/mol. The molecule has 3 nitrogen and oxygen atoms in total. The second kappa shape index (κ2) is 5.49. The topological polar surface area (TPSA) is 55.1 Å². The normalized spacial score (nSPS) is 10.5. The second-order valence-corrected chi connectivity index (χ2v) is 3.73.